The van der Waals surface area contributed by atoms with E-state index in [9.17, 15) is 9.59 Å². The summed E-state index contributed by atoms with van der Waals surface area (Å²) in [5, 5.41) is 0. The molecule has 0 fully saturated rings. The van der Waals surface area contributed by atoms with Crippen LogP contribution in [-0.4, -0.2) is 11.6 Å². The number of hydrogen-bond donors (Lipinski definition) is 0. The molecule has 0 saturated heterocycles. The Labute approximate surface area is 83.4 Å². The quantitative estimate of drug-likeness (QED) is 0.644. The molecule has 0 aromatic heterocycles. The number of carbonyl (C=O) groups excluding carboxylic acids is 2. The maximum Gasteiger partial charge on any atom is 0.200 e. The number of allylic oxidation sites excluding steroid dienone is 8. The number of carbonyl (C=O) groups is 2. The lowest BCUT2D eigenvalue weighted by Crippen LogP contribution is -2.15. The molecular formula is C10H5BrO2. The average Bonchev–Trinajstić information content (AvgIpc) is 2.12. The molecule has 2 aliphatic carbocycles. The van der Waals surface area contributed by atoms with Gasteiger partial charge >= 0.3 is 0 Å². The van der Waals surface area contributed by atoms with Crippen LogP contribution in [-0.2, 0) is 9.59 Å². The molecule has 0 bridgehead atoms. The second-order valence-electron chi connectivity index (χ2n) is 2.73. The molecule has 2 aliphatic rings. The summed E-state index contributed by atoms with van der Waals surface area (Å²) in [6, 6.07) is 0. The summed E-state index contributed by atoms with van der Waals surface area (Å²) in [7, 11) is 0. The first-order valence-corrected chi connectivity index (χ1v) is 4.54. The minimum Gasteiger partial charge on any atom is -0.289 e. The van der Waals surface area contributed by atoms with Crippen LogP contribution in [0.4, 0.5) is 0 Å². The fourth-order valence-corrected chi connectivity index (χ4v) is 1.62. The highest BCUT2D eigenvalue weighted by Gasteiger charge is 2.24. The van der Waals surface area contributed by atoms with Crippen LogP contribution in [0.2, 0.25) is 0 Å². The van der Waals surface area contributed by atoms with E-state index in [4.69, 9.17) is 0 Å². The fraction of sp³-hybridized carbons (Fsp3) is 0. The number of ketones is 2. The van der Waals surface area contributed by atoms with Crippen LogP contribution in [0.25, 0.3) is 0 Å². The van der Waals surface area contributed by atoms with E-state index >= 15 is 0 Å². The Kier molecular flexibility index (Phi) is 1.88. The zero-order valence-corrected chi connectivity index (χ0v) is 8.17. The Morgan fingerprint density at radius 2 is 1.77 bits per heavy atom. The van der Waals surface area contributed by atoms with Crippen LogP contribution >= 0.6 is 15.9 Å². The van der Waals surface area contributed by atoms with E-state index in [1.54, 1.807) is 24.3 Å². The van der Waals surface area contributed by atoms with Crippen molar-refractivity contribution in [3.63, 3.8) is 0 Å². The zero-order valence-electron chi connectivity index (χ0n) is 6.58. The molecule has 0 radical (unpaired) electrons. The minimum atomic E-state index is -0.129. The smallest absolute Gasteiger partial charge is 0.200 e. The van der Waals surface area contributed by atoms with Gasteiger partial charge in [0.25, 0.3) is 0 Å². The van der Waals surface area contributed by atoms with E-state index in [-0.39, 0.29) is 11.6 Å². The molecule has 0 heterocycles. The molecule has 0 spiro atoms. The van der Waals surface area contributed by atoms with Crippen LogP contribution < -0.4 is 0 Å². The molecule has 0 aromatic rings. The Bertz CT molecular complexity index is 422. The molecule has 0 amide bonds. The molecular weight excluding hydrogens is 232 g/mol. The van der Waals surface area contributed by atoms with Crippen molar-refractivity contribution in [2.45, 2.75) is 0 Å². The molecule has 0 aliphatic heterocycles. The highest BCUT2D eigenvalue weighted by atomic mass is 79.9. The summed E-state index contributed by atoms with van der Waals surface area (Å²) in [4.78, 5) is 22.8. The lowest BCUT2D eigenvalue weighted by Gasteiger charge is -2.13. The highest BCUT2D eigenvalue weighted by molar-refractivity contribution is 9.12. The van der Waals surface area contributed by atoms with Gasteiger partial charge in [-0.3, -0.25) is 9.59 Å². The average molecular weight is 237 g/mol. The molecule has 64 valence electrons. The van der Waals surface area contributed by atoms with Gasteiger partial charge in [0.2, 0.25) is 5.78 Å². The second-order valence-corrected chi connectivity index (χ2v) is 3.58. The lowest BCUT2D eigenvalue weighted by molar-refractivity contribution is -0.114. The van der Waals surface area contributed by atoms with Crippen molar-refractivity contribution in [1.29, 1.82) is 0 Å². The monoisotopic (exact) mass is 236 g/mol. The summed E-state index contributed by atoms with van der Waals surface area (Å²) in [6.45, 7) is 0. The van der Waals surface area contributed by atoms with Gasteiger partial charge in [0.05, 0.1) is 4.48 Å². The number of Topliss-reactive ketones (excluding diaryl/α,β-unsaturated/α-hetero) is 1. The summed E-state index contributed by atoms with van der Waals surface area (Å²) in [5.74, 6) is -0.239. The van der Waals surface area contributed by atoms with E-state index in [1.165, 1.54) is 6.08 Å². The minimum absolute atomic E-state index is 0.109. The molecule has 0 atom stereocenters. The van der Waals surface area contributed by atoms with E-state index in [2.05, 4.69) is 15.9 Å². The van der Waals surface area contributed by atoms with Crippen molar-refractivity contribution in [2.75, 3.05) is 0 Å². The topological polar surface area (TPSA) is 34.1 Å². The Hall–Kier alpha value is -1.22. The molecule has 0 N–H and O–H groups in total. The van der Waals surface area contributed by atoms with Gasteiger partial charge in [0.15, 0.2) is 5.78 Å². The molecule has 2 nitrogen and oxygen atoms in total. The number of halogens is 1. The normalized spacial score (nSPS) is 20.5. The summed E-state index contributed by atoms with van der Waals surface area (Å²) >= 11 is 3.13. The first-order chi connectivity index (χ1) is 6.20. The van der Waals surface area contributed by atoms with Crippen molar-refractivity contribution >= 4 is 27.5 Å². The van der Waals surface area contributed by atoms with E-state index < -0.39 is 0 Å². The lowest BCUT2D eigenvalue weighted by atomic mass is 9.90. The van der Waals surface area contributed by atoms with Crippen molar-refractivity contribution in [3.8, 4) is 0 Å². The third kappa shape index (κ3) is 1.25. The van der Waals surface area contributed by atoms with Gasteiger partial charge in [-0.1, -0.05) is 12.2 Å². The van der Waals surface area contributed by atoms with Gasteiger partial charge in [-0.25, -0.2) is 0 Å². The fourth-order valence-electron chi connectivity index (χ4n) is 1.27. The Balaban J connectivity index is 2.58. The van der Waals surface area contributed by atoms with Gasteiger partial charge < -0.3 is 0 Å². The van der Waals surface area contributed by atoms with Crippen LogP contribution in [0.3, 0.4) is 0 Å². The van der Waals surface area contributed by atoms with Gasteiger partial charge in [0, 0.05) is 11.1 Å². The maximum atomic E-state index is 11.5. The number of rotatable bonds is 0. The van der Waals surface area contributed by atoms with Gasteiger partial charge in [0.1, 0.15) is 0 Å². The molecule has 0 saturated carbocycles. The van der Waals surface area contributed by atoms with Crippen molar-refractivity contribution in [1.82, 2.24) is 0 Å². The van der Waals surface area contributed by atoms with E-state index in [0.717, 1.165) is 0 Å². The third-order valence-electron chi connectivity index (χ3n) is 1.92. The van der Waals surface area contributed by atoms with Crippen molar-refractivity contribution < 1.29 is 9.59 Å². The SMILES string of the molecule is O=C1C=CC=C2C(=O)C(Br)=CC=C12. The van der Waals surface area contributed by atoms with Gasteiger partial charge in [-0.05, 0) is 34.2 Å². The first kappa shape index (κ1) is 8.38. The van der Waals surface area contributed by atoms with Crippen LogP contribution in [0.15, 0.2) is 46.0 Å². The molecule has 0 unspecified atom stereocenters. The zero-order chi connectivity index (χ0) is 9.42. The van der Waals surface area contributed by atoms with Gasteiger partial charge in [-0.15, -0.1) is 0 Å². The Morgan fingerprint density at radius 3 is 2.54 bits per heavy atom. The van der Waals surface area contributed by atoms with Crippen molar-refractivity contribution in [2.24, 2.45) is 0 Å². The molecule has 2 rings (SSSR count). The predicted octanol–water partition coefficient (Wildman–Crippen LogP) is 1.84. The summed E-state index contributed by atoms with van der Waals surface area (Å²) in [6.07, 6.45) is 7.97. The van der Waals surface area contributed by atoms with Crippen LogP contribution in [0.1, 0.15) is 0 Å². The van der Waals surface area contributed by atoms with E-state index in [0.29, 0.717) is 15.6 Å². The maximum absolute atomic E-state index is 11.5. The number of fused-ring (bicyclic) bond motifs is 1. The highest BCUT2D eigenvalue weighted by Crippen LogP contribution is 2.27. The van der Waals surface area contributed by atoms with Crippen molar-refractivity contribution in [3.05, 3.63) is 46.0 Å². The molecule has 13 heavy (non-hydrogen) atoms. The van der Waals surface area contributed by atoms with Crippen LogP contribution in [0.5, 0.6) is 0 Å². The summed E-state index contributed by atoms with van der Waals surface area (Å²) in [5.41, 5.74) is 0.956. The second kappa shape index (κ2) is 2.92. The van der Waals surface area contributed by atoms with E-state index in [1.807, 2.05) is 0 Å². The standard InChI is InChI=1S/C10H5BrO2/c11-8-5-4-6-7(10(8)13)2-1-3-9(6)12/h1-5H. The molecule has 0 aromatic carbocycles. The molecule has 3 heteroatoms. The third-order valence-corrected chi connectivity index (χ3v) is 2.55. The summed E-state index contributed by atoms with van der Waals surface area (Å²) < 4.78 is 0.491. The largest absolute Gasteiger partial charge is 0.289 e. The number of hydrogen-bond acceptors (Lipinski definition) is 2. The Morgan fingerprint density at radius 1 is 1.00 bits per heavy atom. The van der Waals surface area contributed by atoms with Gasteiger partial charge in [-0.2, -0.15) is 0 Å². The predicted molar refractivity (Wildman–Crippen MR) is 52.3 cm³/mol. The van der Waals surface area contributed by atoms with Crippen LogP contribution in [0, 0.1) is 0 Å². The first-order valence-electron chi connectivity index (χ1n) is 3.75.